The van der Waals surface area contributed by atoms with Gasteiger partial charge in [-0.15, -0.1) is 0 Å². The van der Waals surface area contributed by atoms with E-state index in [1.165, 1.54) is 11.0 Å². The number of amides is 3. The van der Waals surface area contributed by atoms with Crippen LogP contribution in [0.1, 0.15) is 51.0 Å². The summed E-state index contributed by atoms with van der Waals surface area (Å²) in [6.07, 6.45) is 5.05. The maximum absolute atomic E-state index is 13.0. The maximum Gasteiger partial charge on any atom is 0.410 e. The smallest absolute Gasteiger partial charge is 0.410 e. The van der Waals surface area contributed by atoms with Crippen molar-refractivity contribution in [3.8, 4) is 0 Å². The van der Waals surface area contributed by atoms with Gasteiger partial charge < -0.3 is 14.5 Å². The van der Waals surface area contributed by atoms with Crippen LogP contribution in [0.4, 0.5) is 10.5 Å². The van der Waals surface area contributed by atoms with Crippen LogP contribution in [0.2, 0.25) is 0 Å². The zero-order valence-electron chi connectivity index (χ0n) is 19.5. The zero-order chi connectivity index (χ0) is 23.8. The van der Waals surface area contributed by atoms with E-state index in [4.69, 9.17) is 4.74 Å². The number of fused-ring (bicyclic) bond motifs is 1. The minimum Gasteiger partial charge on any atom is -0.446 e. The Kier molecular flexibility index (Phi) is 6.05. The van der Waals surface area contributed by atoms with E-state index in [0.717, 1.165) is 63.1 Å². The summed E-state index contributed by atoms with van der Waals surface area (Å²) in [7, 11) is 1.70. The Morgan fingerprint density at radius 3 is 2.41 bits per heavy atom. The van der Waals surface area contributed by atoms with Crippen LogP contribution >= 0.6 is 0 Å². The molecule has 1 N–H and O–H groups in total. The lowest BCUT2D eigenvalue weighted by atomic mass is 10.1. The molecule has 4 heterocycles. The first-order chi connectivity index (χ1) is 16.4. The third-order valence-corrected chi connectivity index (χ3v) is 7.28. The summed E-state index contributed by atoms with van der Waals surface area (Å²) in [6.45, 7) is 3.08. The number of nitrogens with one attached hydrogen (secondary N) is 1. The van der Waals surface area contributed by atoms with Crippen molar-refractivity contribution in [3.05, 3.63) is 28.7 Å². The third kappa shape index (κ3) is 4.17. The Morgan fingerprint density at radius 2 is 1.71 bits per heavy atom. The van der Waals surface area contributed by atoms with Crippen LogP contribution < -0.4 is 15.9 Å². The Balaban J connectivity index is 1.28. The van der Waals surface area contributed by atoms with Crippen molar-refractivity contribution in [2.75, 3.05) is 31.1 Å². The standard InChI is InChI=1S/C24H31N5O5/c1-26-20-15-16(5-6-18(20)29(23(26)32)19-7-8-21(30)25-22(19)31)27-13-9-17(10-14-27)34-24(33)28-11-3-2-4-12-28/h5-6,15,17,19H,2-4,7-14H2,1H3,(H,25,30,31). The van der Waals surface area contributed by atoms with Crippen molar-refractivity contribution in [1.82, 2.24) is 19.4 Å². The highest BCUT2D eigenvalue weighted by Gasteiger charge is 2.32. The van der Waals surface area contributed by atoms with Gasteiger partial charge in [0.25, 0.3) is 0 Å². The zero-order valence-corrected chi connectivity index (χ0v) is 19.5. The van der Waals surface area contributed by atoms with Gasteiger partial charge in [0, 0.05) is 58.2 Å². The third-order valence-electron chi connectivity index (χ3n) is 7.28. The molecule has 182 valence electrons. The molecule has 0 bridgehead atoms. The van der Waals surface area contributed by atoms with E-state index in [1.54, 1.807) is 11.6 Å². The van der Waals surface area contributed by atoms with E-state index in [1.807, 2.05) is 23.1 Å². The number of carbonyl (C=O) groups excluding carboxylic acids is 3. The van der Waals surface area contributed by atoms with Gasteiger partial charge in [-0.1, -0.05) is 0 Å². The number of aromatic nitrogens is 2. The topological polar surface area (TPSA) is 106 Å². The highest BCUT2D eigenvalue weighted by atomic mass is 16.6. The predicted octanol–water partition coefficient (Wildman–Crippen LogP) is 1.91. The van der Waals surface area contributed by atoms with Crippen molar-refractivity contribution in [2.24, 2.45) is 7.05 Å². The van der Waals surface area contributed by atoms with Crippen molar-refractivity contribution < 1.29 is 19.1 Å². The van der Waals surface area contributed by atoms with Gasteiger partial charge in [0.15, 0.2) is 0 Å². The minimum atomic E-state index is -0.690. The normalized spacial score (nSPS) is 22.2. The molecule has 5 rings (SSSR count). The molecule has 3 amide bonds. The van der Waals surface area contributed by atoms with Crippen LogP contribution in [0.3, 0.4) is 0 Å². The van der Waals surface area contributed by atoms with Gasteiger partial charge in [-0.2, -0.15) is 0 Å². The molecule has 0 aliphatic carbocycles. The molecule has 10 nitrogen and oxygen atoms in total. The Bertz CT molecular complexity index is 1170. The Morgan fingerprint density at radius 1 is 0.971 bits per heavy atom. The monoisotopic (exact) mass is 469 g/mol. The van der Waals surface area contributed by atoms with Crippen molar-refractivity contribution >= 4 is 34.6 Å². The number of imide groups is 1. The average Bonchev–Trinajstić information content (AvgIpc) is 3.10. The van der Waals surface area contributed by atoms with Crippen LogP contribution in [-0.2, 0) is 21.4 Å². The SMILES string of the molecule is Cn1c(=O)n(C2CCC(=O)NC2=O)c2ccc(N3CCC(OC(=O)N4CCCCC4)CC3)cc21. The van der Waals surface area contributed by atoms with Gasteiger partial charge in [-0.05, 0) is 43.9 Å². The number of likely N-dealkylation sites (tertiary alicyclic amines) is 1. The fourth-order valence-corrected chi connectivity index (χ4v) is 5.30. The van der Waals surface area contributed by atoms with Crippen LogP contribution in [0, 0.1) is 0 Å². The molecule has 3 aliphatic rings. The second-order valence-electron chi connectivity index (χ2n) is 9.47. The number of hydrogen-bond acceptors (Lipinski definition) is 6. The molecule has 3 aliphatic heterocycles. The molecule has 1 aromatic carbocycles. The maximum atomic E-state index is 13.0. The van der Waals surface area contributed by atoms with Gasteiger partial charge in [-0.3, -0.25) is 24.0 Å². The summed E-state index contributed by atoms with van der Waals surface area (Å²) in [5, 5.41) is 2.34. The number of benzene rings is 1. The predicted molar refractivity (Wildman–Crippen MR) is 126 cm³/mol. The summed E-state index contributed by atoms with van der Waals surface area (Å²) < 4.78 is 8.80. The van der Waals surface area contributed by atoms with Crippen LogP contribution in [0.15, 0.2) is 23.0 Å². The number of carbonyl (C=O) groups is 3. The molecule has 34 heavy (non-hydrogen) atoms. The molecule has 3 fully saturated rings. The lowest BCUT2D eigenvalue weighted by molar-refractivity contribution is -0.135. The van der Waals surface area contributed by atoms with Crippen molar-refractivity contribution in [3.63, 3.8) is 0 Å². The lowest BCUT2D eigenvalue weighted by Gasteiger charge is -2.35. The van der Waals surface area contributed by atoms with Crippen LogP contribution in [0.25, 0.3) is 11.0 Å². The quantitative estimate of drug-likeness (QED) is 0.689. The number of aryl methyl sites for hydroxylation is 1. The van der Waals surface area contributed by atoms with Gasteiger partial charge >= 0.3 is 11.8 Å². The van der Waals surface area contributed by atoms with Gasteiger partial charge in [0.1, 0.15) is 12.1 Å². The number of hydrogen-bond donors (Lipinski definition) is 1. The molecule has 0 spiro atoms. The van der Waals surface area contributed by atoms with Crippen LogP contribution in [-0.4, -0.2) is 64.2 Å². The second kappa shape index (κ2) is 9.15. The molecule has 1 aromatic heterocycles. The van der Waals surface area contributed by atoms with Crippen LogP contribution in [0.5, 0.6) is 0 Å². The van der Waals surface area contributed by atoms with E-state index in [0.29, 0.717) is 11.9 Å². The van der Waals surface area contributed by atoms with E-state index >= 15 is 0 Å². The average molecular weight is 470 g/mol. The molecule has 3 saturated heterocycles. The van der Waals surface area contributed by atoms with E-state index in [9.17, 15) is 19.2 Å². The first-order valence-electron chi connectivity index (χ1n) is 12.2. The second-order valence-corrected chi connectivity index (χ2v) is 9.47. The first kappa shape index (κ1) is 22.5. The summed E-state index contributed by atoms with van der Waals surface area (Å²) >= 11 is 0. The van der Waals surface area contributed by atoms with E-state index < -0.39 is 11.9 Å². The van der Waals surface area contributed by atoms with Gasteiger partial charge in [-0.25, -0.2) is 9.59 Å². The number of piperidine rings is 3. The molecule has 0 radical (unpaired) electrons. The molecule has 2 aromatic rings. The molecule has 1 unspecified atom stereocenters. The summed E-state index contributed by atoms with van der Waals surface area (Å²) in [6, 6.07) is 5.12. The molecule has 10 heteroatoms. The Labute approximate surface area is 197 Å². The Hall–Kier alpha value is -3.30. The van der Waals surface area contributed by atoms with Crippen molar-refractivity contribution in [2.45, 2.75) is 57.1 Å². The van der Waals surface area contributed by atoms with Crippen molar-refractivity contribution in [1.29, 1.82) is 0 Å². The fraction of sp³-hybridized carbons (Fsp3) is 0.583. The highest BCUT2D eigenvalue weighted by molar-refractivity contribution is 6.00. The van der Waals surface area contributed by atoms with E-state index in [-0.39, 0.29) is 30.2 Å². The fourth-order valence-electron chi connectivity index (χ4n) is 5.30. The molecule has 0 saturated carbocycles. The molecule has 1 atom stereocenters. The molecular weight excluding hydrogens is 438 g/mol. The summed E-state index contributed by atoms with van der Waals surface area (Å²) in [4.78, 5) is 53.4. The minimum absolute atomic E-state index is 0.0765. The number of ether oxygens (including phenoxy) is 1. The molecular formula is C24H31N5O5. The largest absolute Gasteiger partial charge is 0.446 e. The summed E-state index contributed by atoms with van der Waals surface area (Å²) in [5.41, 5.74) is 2.14. The van der Waals surface area contributed by atoms with Gasteiger partial charge in [0.05, 0.1) is 11.0 Å². The lowest BCUT2D eigenvalue weighted by Crippen LogP contribution is -2.44. The number of anilines is 1. The summed E-state index contributed by atoms with van der Waals surface area (Å²) in [5.74, 6) is -0.738. The highest BCUT2D eigenvalue weighted by Crippen LogP contribution is 2.28. The number of nitrogens with zero attached hydrogens (tertiary/aromatic N) is 4. The number of imidazole rings is 1. The van der Waals surface area contributed by atoms with Gasteiger partial charge in [0.2, 0.25) is 11.8 Å². The number of rotatable bonds is 3. The first-order valence-corrected chi connectivity index (χ1v) is 12.2. The van der Waals surface area contributed by atoms with E-state index in [2.05, 4.69) is 10.2 Å².